The predicted octanol–water partition coefficient (Wildman–Crippen LogP) is 1.63. The average molecular weight is 248 g/mol. The molecule has 0 saturated carbocycles. The first kappa shape index (κ1) is 12.6. The minimum atomic E-state index is -1.34. The summed E-state index contributed by atoms with van der Waals surface area (Å²) in [7, 11) is 1.29. The largest absolute Gasteiger partial charge is 0.490 e. The molecule has 0 aliphatic carbocycles. The van der Waals surface area contributed by atoms with Crippen molar-refractivity contribution >= 4 is 11.5 Å². The third kappa shape index (κ3) is 1.99. The highest BCUT2D eigenvalue weighted by Crippen LogP contribution is 2.39. The van der Waals surface area contributed by atoms with Crippen LogP contribution in [0.25, 0.3) is 5.57 Å². The van der Waals surface area contributed by atoms with Gasteiger partial charge in [0.25, 0.3) is 0 Å². The molecule has 4 heteroatoms. The summed E-state index contributed by atoms with van der Waals surface area (Å²) in [6.07, 6.45) is 0. The van der Waals surface area contributed by atoms with Crippen LogP contribution in [-0.4, -0.2) is 30.4 Å². The van der Waals surface area contributed by atoms with Crippen LogP contribution in [0.1, 0.15) is 12.5 Å². The molecule has 1 N–H and O–H groups in total. The Bertz CT molecular complexity index is 490. The molecule has 1 aromatic carbocycles. The number of hydrogen-bond acceptors (Lipinski definition) is 4. The molecule has 96 valence electrons. The summed E-state index contributed by atoms with van der Waals surface area (Å²) in [6, 6.07) is 7.27. The number of ether oxygens (including phenoxy) is 2. The Hall–Kier alpha value is -1.81. The van der Waals surface area contributed by atoms with Crippen LogP contribution >= 0.6 is 0 Å². The van der Waals surface area contributed by atoms with Crippen molar-refractivity contribution in [2.75, 3.05) is 13.7 Å². The topological polar surface area (TPSA) is 55.8 Å². The van der Waals surface area contributed by atoms with Crippen LogP contribution in [0.3, 0.4) is 0 Å². The number of para-hydroxylation sites is 1. The third-order valence-electron chi connectivity index (χ3n) is 3.16. The van der Waals surface area contributed by atoms with Crippen LogP contribution < -0.4 is 4.74 Å². The number of benzene rings is 1. The first-order chi connectivity index (χ1) is 8.47. The molecule has 0 amide bonds. The highest BCUT2D eigenvalue weighted by atomic mass is 16.5. The van der Waals surface area contributed by atoms with Gasteiger partial charge in [-0.25, -0.2) is 0 Å². The van der Waals surface area contributed by atoms with Gasteiger partial charge in [-0.3, -0.25) is 4.79 Å². The van der Waals surface area contributed by atoms with Gasteiger partial charge in [-0.05, 0) is 18.6 Å². The summed E-state index contributed by atoms with van der Waals surface area (Å²) in [5, 5.41) is 10.4. The monoisotopic (exact) mass is 248 g/mol. The summed E-state index contributed by atoms with van der Waals surface area (Å²) in [6.45, 7) is 5.48. The number of carbonyl (C=O) groups excluding carboxylic acids is 1. The first-order valence-corrected chi connectivity index (χ1v) is 5.68. The van der Waals surface area contributed by atoms with Crippen LogP contribution in [0.15, 0.2) is 30.8 Å². The van der Waals surface area contributed by atoms with Crippen molar-refractivity contribution in [3.63, 3.8) is 0 Å². The van der Waals surface area contributed by atoms with E-state index in [0.717, 1.165) is 5.56 Å². The van der Waals surface area contributed by atoms with Gasteiger partial charge in [-0.2, -0.15) is 0 Å². The van der Waals surface area contributed by atoms with E-state index in [1.54, 1.807) is 13.0 Å². The zero-order valence-electron chi connectivity index (χ0n) is 10.5. The molecule has 0 radical (unpaired) electrons. The van der Waals surface area contributed by atoms with Gasteiger partial charge in [0.05, 0.1) is 7.11 Å². The molecule has 2 atom stereocenters. The number of carbonyl (C=O) groups is 1. The van der Waals surface area contributed by atoms with E-state index >= 15 is 0 Å². The summed E-state index contributed by atoms with van der Waals surface area (Å²) < 4.78 is 10.3. The van der Waals surface area contributed by atoms with Gasteiger partial charge in [0.2, 0.25) is 0 Å². The van der Waals surface area contributed by atoms with Crippen LogP contribution in [0.4, 0.5) is 0 Å². The van der Waals surface area contributed by atoms with Gasteiger partial charge in [-0.15, -0.1) is 0 Å². The molecule has 4 nitrogen and oxygen atoms in total. The maximum Gasteiger partial charge on any atom is 0.316 e. The molecule has 0 aromatic heterocycles. The number of esters is 1. The van der Waals surface area contributed by atoms with Gasteiger partial charge >= 0.3 is 5.97 Å². The molecule has 1 heterocycles. The number of fused-ring (bicyclic) bond motifs is 1. The summed E-state index contributed by atoms with van der Waals surface area (Å²) in [4.78, 5) is 11.9. The summed E-state index contributed by atoms with van der Waals surface area (Å²) in [5.74, 6) is -0.717. The Balaban J connectivity index is 2.51. The van der Waals surface area contributed by atoms with Crippen molar-refractivity contribution in [1.82, 2.24) is 0 Å². The van der Waals surface area contributed by atoms with Crippen molar-refractivity contribution in [1.29, 1.82) is 0 Å². The van der Waals surface area contributed by atoms with E-state index in [-0.39, 0.29) is 6.61 Å². The Labute approximate surface area is 106 Å². The quantitative estimate of drug-likeness (QED) is 0.767. The second-order valence-corrected chi connectivity index (χ2v) is 4.62. The van der Waals surface area contributed by atoms with E-state index in [4.69, 9.17) is 9.47 Å². The molecule has 18 heavy (non-hydrogen) atoms. The molecule has 1 aromatic rings. The third-order valence-corrected chi connectivity index (χ3v) is 3.16. The molecule has 0 bridgehead atoms. The molecule has 0 fully saturated rings. The van der Waals surface area contributed by atoms with Crippen LogP contribution in [0, 0.1) is 5.92 Å². The molecule has 1 aliphatic rings. The second kappa shape index (κ2) is 4.46. The SMILES string of the molecule is C=C1c2ccccc2OCC(C)(O)C1C(=O)OC. The molecule has 2 unspecified atom stereocenters. The Morgan fingerprint density at radius 3 is 2.89 bits per heavy atom. The molecule has 0 spiro atoms. The lowest BCUT2D eigenvalue weighted by molar-refractivity contribution is -0.151. The number of aliphatic hydroxyl groups is 1. The fraction of sp³-hybridized carbons (Fsp3) is 0.357. The second-order valence-electron chi connectivity index (χ2n) is 4.62. The van der Waals surface area contributed by atoms with Gasteiger partial charge < -0.3 is 14.6 Å². The Morgan fingerprint density at radius 1 is 1.56 bits per heavy atom. The highest BCUT2D eigenvalue weighted by Gasteiger charge is 2.43. The Kier molecular flexibility index (Phi) is 3.13. The molecule has 2 rings (SSSR count). The zero-order valence-corrected chi connectivity index (χ0v) is 10.5. The summed E-state index contributed by atoms with van der Waals surface area (Å²) >= 11 is 0. The molecule has 0 saturated heterocycles. The van der Waals surface area contributed by atoms with E-state index in [9.17, 15) is 9.90 Å². The lowest BCUT2D eigenvalue weighted by Gasteiger charge is -2.28. The average Bonchev–Trinajstić information content (AvgIpc) is 2.45. The fourth-order valence-electron chi connectivity index (χ4n) is 2.21. The molecular weight excluding hydrogens is 232 g/mol. The van der Waals surface area contributed by atoms with Crippen LogP contribution in [-0.2, 0) is 9.53 Å². The molecule has 1 aliphatic heterocycles. The number of hydrogen-bond donors (Lipinski definition) is 1. The van der Waals surface area contributed by atoms with Crippen molar-refractivity contribution in [3.8, 4) is 5.75 Å². The van der Waals surface area contributed by atoms with Gasteiger partial charge in [0, 0.05) is 5.56 Å². The first-order valence-electron chi connectivity index (χ1n) is 5.68. The number of methoxy groups -OCH3 is 1. The van der Waals surface area contributed by atoms with Gasteiger partial charge in [0.1, 0.15) is 23.9 Å². The zero-order chi connectivity index (χ0) is 13.3. The van der Waals surface area contributed by atoms with Crippen molar-refractivity contribution in [2.45, 2.75) is 12.5 Å². The van der Waals surface area contributed by atoms with E-state index in [1.165, 1.54) is 7.11 Å². The van der Waals surface area contributed by atoms with Gasteiger partial charge in [-0.1, -0.05) is 24.8 Å². The van der Waals surface area contributed by atoms with Crippen LogP contribution in [0.5, 0.6) is 5.75 Å². The van der Waals surface area contributed by atoms with Crippen molar-refractivity contribution in [3.05, 3.63) is 36.4 Å². The fourth-order valence-corrected chi connectivity index (χ4v) is 2.21. The van der Waals surface area contributed by atoms with Crippen molar-refractivity contribution < 1.29 is 19.4 Å². The smallest absolute Gasteiger partial charge is 0.316 e. The minimum Gasteiger partial charge on any atom is -0.490 e. The van der Waals surface area contributed by atoms with E-state index < -0.39 is 17.5 Å². The van der Waals surface area contributed by atoms with Gasteiger partial charge in [0.15, 0.2) is 0 Å². The Morgan fingerprint density at radius 2 is 2.22 bits per heavy atom. The maximum atomic E-state index is 11.9. The lowest BCUT2D eigenvalue weighted by atomic mass is 9.82. The maximum absolute atomic E-state index is 11.9. The molecular formula is C14H16O4. The highest BCUT2D eigenvalue weighted by molar-refractivity contribution is 5.90. The van der Waals surface area contributed by atoms with E-state index in [2.05, 4.69) is 6.58 Å². The summed E-state index contributed by atoms with van der Waals surface area (Å²) in [5.41, 5.74) is -0.103. The normalized spacial score (nSPS) is 26.8. The van der Waals surface area contributed by atoms with E-state index in [0.29, 0.717) is 11.3 Å². The standard InChI is InChI=1S/C14H16O4/c1-9-10-6-4-5-7-11(10)18-8-14(2,16)12(9)13(15)17-3/h4-7,12,16H,1,8H2,2-3H3. The van der Waals surface area contributed by atoms with Crippen molar-refractivity contribution in [2.24, 2.45) is 5.92 Å². The number of rotatable bonds is 1. The predicted molar refractivity (Wildman–Crippen MR) is 67.1 cm³/mol. The minimum absolute atomic E-state index is 0.0167. The van der Waals surface area contributed by atoms with E-state index in [1.807, 2.05) is 18.2 Å². The lowest BCUT2D eigenvalue weighted by Crippen LogP contribution is -2.44. The van der Waals surface area contributed by atoms with Crippen LogP contribution in [0.2, 0.25) is 0 Å².